The summed E-state index contributed by atoms with van der Waals surface area (Å²) in [7, 11) is -3.73. The minimum atomic E-state index is -3.73. The molecule has 1 amide bonds. The van der Waals surface area contributed by atoms with Gasteiger partial charge in [-0.3, -0.25) is 9.48 Å². The predicted octanol–water partition coefficient (Wildman–Crippen LogP) is 2.86. The molecule has 30 heavy (non-hydrogen) atoms. The average molecular weight is 436 g/mol. The van der Waals surface area contributed by atoms with Gasteiger partial charge >= 0.3 is 0 Å². The first-order valence-corrected chi connectivity index (χ1v) is 11.6. The number of carbonyl (C=O) groups is 1. The van der Waals surface area contributed by atoms with Gasteiger partial charge in [0, 0.05) is 23.8 Å². The molecule has 0 aliphatic heterocycles. The Balaban J connectivity index is 2.14. The summed E-state index contributed by atoms with van der Waals surface area (Å²) in [5.41, 5.74) is 0.949. The van der Waals surface area contributed by atoms with Gasteiger partial charge in [0.2, 0.25) is 10.0 Å². The lowest BCUT2D eigenvalue weighted by Crippen LogP contribution is -2.40. The topological polar surface area (TPSA) is 96.3 Å². The van der Waals surface area contributed by atoms with Gasteiger partial charge in [-0.2, -0.15) is 5.10 Å². The summed E-state index contributed by atoms with van der Waals surface area (Å²) in [5.74, 6) is -0.372. The maximum atomic E-state index is 12.8. The molecule has 2 rings (SSSR count). The molecule has 0 unspecified atom stereocenters. The molecule has 9 heteroatoms. The number of hydrogen-bond acceptors (Lipinski definition) is 5. The van der Waals surface area contributed by atoms with Crippen LogP contribution in [0.25, 0.3) is 0 Å². The van der Waals surface area contributed by atoms with Crippen LogP contribution in [0.2, 0.25) is 0 Å². The maximum absolute atomic E-state index is 12.8. The molecule has 0 spiro atoms. The lowest BCUT2D eigenvalue weighted by molar-refractivity contribution is 0.102. The number of sulfonamides is 1. The first-order chi connectivity index (χ1) is 13.9. The lowest BCUT2D eigenvalue weighted by Gasteiger charge is -2.20. The van der Waals surface area contributed by atoms with Crippen molar-refractivity contribution in [2.45, 2.75) is 58.5 Å². The van der Waals surface area contributed by atoms with Crippen LogP contribution in [-0.2, 0) is 16.6 Å². The number of hydrogen-bond donors (Lipinski definition) is 2. The van der Waals surface area contributed by atoms with Crippen molar-refractivity contribution in [1.82, 2.24) is 19.4 Å². The summed E-state index contributed by atoms with van der Waals surface area (Å²) in [4.78, 5) is 15.1. The van der Waals surface area contributed by atoms with Gasteiger partial charge in [0.15, 0.2) is 0 Å². The quantitative estimate of drug-likeness (QED) is 0.631. The Morgan fingerprint density at radius 3 is 2.47 bits per heavy atom. The third-order valence-electron chi connectivity index (χ3n) is 4.64. The van der Waals surface area contributed by atoms with Crippen molar-refractivity contribution in [3.05, 3.63) is 41.7 Å². The summed E-state index contributed by atoms with van der Waals surface area (Å²) in [6.07, 6.45) is 3.37. The molecule has 1 aromatic carbocycles. The van der Waals surface area contributed by atoms with Crippen LogP contribution in [0.5, 0.6) is 0 Å². The summed E-state index contributed by atoms with van der Waals surface area (Å²) >= 11 is 0. The highest BCUT2D eigenvalue weighted by molar-refractivity contribution is 7.89. The van der Waals surface area contributed by atoms with Crippen molar-refractivity contribution in [1.29, 1.82) is 0 Å². The molecule has 166 valence electrons. The second-order valence-electron chi connectivity index (χ2n) is 8.31. The summed E-state index contributed by atoms with van der Waals surface area (Å²) in [5, 5.41) is 7.10. The van der Waals surface area contributed by atoms with E-state index in [9.17, 15) is 13.2 Å². The van der Waals surface area contributed by atoms with E-state index in [1.54, 1.807) is 50.8 Å². The number of nitrogens with zero attached hydrogens (tertiary/aromatic N) is 3. The van der Waals surface area contributed by atoms with Crippen molar-refractivity contribution in [2.24, 2.45) is 0 Å². The number of anilines is 1. The second-order valence-corrected chi connectivity index (χ2v) is 9.99. The highest BCUT2D eigenvalue weighted by Crippen LogP contribution is 2.19. The van der Waals surface area contributed by atoms with Crippen molar-refractivity contribution in [3.63, 3.8) is 0 Å². The minimum absolute atomic E-state index is 0.0584. The molecule has 1 aromatic heterocycles. The Morgan fingerprint density at radius 2 is 1.87 bits per heavy atom. The predicted molar refractivity (Wildman–Crippen MR) is 119 cm³/mol. The molecule has 2 N–H and O–H groups in total. The van der Waals surface area contributed by atoms with Gasteiger partial charge in [-0.25, -0.2) is 13.1 Å². The van der Waals surface area contributed by atoms with E-state index in [1.807, 2.05) is 0 Å². The molecule has 8 nitrogen and oxygen atoms in total. The molecule has 0 aliphatic rings. The van der Waals surface area contributed by atoms with E-state index in [-0.39, 0.29) is 10.8 Å². The zero-order valence-electron chi connectivity index (χ0n) is 18.7. The number of aromatic nitrogens is 2. The fourth-order valence-corrected chi connectivity index (χ4v) is 4.45. The zero-order valence-corrected chi connectivity index (χ0v) is 19.5. The van der Waals surface area contributed by atoms with Gasteiger partial charge in [0.05, 0.1) is 23.3 Å². The van der Waals surface area contributed by atoms with Gasteiger partial charge in [-0.1, -0.05) is 19.9 Å². The number of likely N-dealkylation sites (N-methyl/N-ethyl adjacent to an activating group) is 1. The Hall–Kier alpha value is -2.23. The Kier molecular flexibility index (Phi) is 7.79. The first kappa shape index (κ1) is 24.0. The van der Waals surface area contributed by atoms with Gasteiger partial charge in [-0.15, -0.1) is 0 Å². The molecule has 0 fully saturated rings. The van der Waals surface area contributed by atoms with E-state index in [4.69, 9.17) is 0 Å². The lowest BCUT2D eigenvalue weighted by atomic mass is 10.1. The van der Waals surface area contributed by atoms with Crippen LogP contribution >= 0.6 is 0 Å². The van der Waals surface area contributed by atoms with Crippen LogP contribution in [0, 0.1) is 6.92 Å². The van der Waals surface area contributed by atoms with E-state index in [0.29, 0.717) is 16.8 Å². The molecule has 0 saturated heterocycles. The minimum Gasteiger partial charge on any atom is -0.319 e. The number of carbonyl (C=O) groups excluding carboxylic acids is 1. The fraction of sp³-hybridized carbons (Fsp3) is 0.524. The van der Waals surface area contributed by atoms with Crippen LogP contribution in [-0.4, -0.2) is 54.2 Å². The van der Waals surface area contributed by atoms with Gasteiger partial charge in [0.25, 0.3) is 5.91 Å². The monoisotopic (exact) mass is 435 g/mol. The molecule has 2 aromatic rings. The third kappa shape index (κ3) is 6.65. The summed E-state index contributed by atoms with van der Waals surface area (Å²) in [6.45, 7) is 14.9. The van der Waals surface area contributed by atoms with Crippen molar-refractivity contribution in [3.8, 4) is 0 Å². The number of rotatable bonds is 9. The summed E-state index contributed by atoms with van der Waals surface area (Å²) in [6, 6.07) is 4.55. The van der Waals surface area contributed by atoms with E-state index < -0.39 is 15.6 Å². The van der Waals surface area contributed by atoms with Crippen LogP contribution in [0.1, 0.15) is 50.5 Å². The van der Waals surface area contributed by atoms with E-state index in [0.717, 1.165) is 26.2 Å². The normalized spacial score (nSPS) is 12.4. The number of benzene rings is 1. The second kappa shape index (κ2) is 9.72. The van der Waals surface area contributed by atoms with Gasteiger partial charge < -0.3 is 10.2 Å². The zero-order chi connectivity index (χ0) is 22.5. The molecule has 1 heterocycles. The molecule has 0 bridgehead atoms. The highest BCUT2D eigenvalue weighted by Gasteiger charge is 2.23. The largest absolute Gasteiger partial charge is 0.319 e. The number of aryl methyl sites for hydroxylation is 1. The first-order valence-electron chi connectivity index (χ1n) is 10.2. The third-order valence-corrected chi connectivity index (χ3v) is 6.39. The maximum Gasteiger partial charge on any atom is 0.256 e. The molecule has 0 radical (unpaired) electrons. The van der Waals surface area contributed by atoms with Crippen LogP contribution in [0.3, 0.4) is 0 Å². The molecule has 0 aliphatic carbocycles. The van der Waals surface area contributed by atoms with E-state index in [2.05, 4.69) is 33.9 Å². The van der Waals surface area contributed by atoms with Crippen LogP contribution in [0.4, 0.5) is 5.69 Å². The van der Waals surface area contributed by atoms with Crippen LogP contribution < -0.4 is 10.0 Å². The molecular weight excluding hydrogens is 402 g/mol. The fourth-order valence-electron chi connectivity index (χ4n) is 3.01. The Bertz CT molecular complexity index is 973. The van der Waals surface area contributed by atoms with E-state index in [1.165, 1.54) is 12.1 Å². The van der Waals surface area contributed by atoms with Crippen molar-refractivity contribution >= 4 is 21.6 Å². The van der Waals surface area contributed by atoms with Crippen LogP contribution in [0.15, 0.2) is 35.5 Å². The van der Waals surface area contributed by atoms with Gasteiger partial charge in [-0.05, 0) is 58.5 Å². The molecule has 0 atom stereocenters. The molecular formula is C21H33N5O3S. The number of nitrogens with one attached hydrogen (secondary N) is 2. The van der Waals surface area contributed by atoms with E-state index >= 15 is 0 Å². The SMILES string of the molecule is CCN(CC)CCn1cc(NC(=O)c2cc(S(=O)(=O)NC(C)(C)C)ccc2C)cn1. The summed E-state index contributed by atoms with van der Waals surface area (Å²) < 4.78 is 29.6. The standard InChI is InChI=1S/C21H33N5O3S/c1-7-25(8-2)11-12-26-15-17(14-22-26)23-20(27)19-13-18(10-9-16(19)3)30(28,29)24-21(4,5)6/h9-10,13-15,24H,7-8,11-12H2,1-6H3,(H,23,27). The van der Waals surface area contributed by atoms with Crippen molar-refractivity contribution in [2.75, 3.05) is 25.0 Å². The Morgan fingerprint density at radius 1 is 1.20 bits per heavy atom. The smallest absolute Gasteiger partial charge is 0.256 e. The highest BCUT2D eigenvalue weighted by atomic mass is 32.2. The Labute approximate surface area is 179 Å². The average Bonchev–Trinajstić information content (AvgIpc) is 3.08. The molecule has 0 saturated carbocycles. The number of amides is 1. The van der Waals surface area contributed by atoms with Crippen molar-refractivity contribution < 1.29 is 13.2 Å². The van der Waals surface area contributed by atoms with Gasteiger partial charge in [0.1, 0.15) is 0 Å².